The van der Waals surface area contributed by atoms with Crippen molar-refractivity contribution in [1.29, 1.82) is 5.26 Å². The minimum atomic E-state index is 0.655. The predicted molar refractivity (Wildman–Crippen MR) is 100 cm³/mol. The Balaban J connectivity index is 1.50. The van der Waals surface area contributed by atoms with Crippen LogP contribution < -0.4 is 9.80 Å². The van der Waals surface area contributed by atoms with Crippen molar-refractivity contribution >= 4 is 11.6 Å². The van der Waals surface area contributed by atoms with Crippen LogP contribution in [0.4, 0.5) is 11.6 Å². The van der Waals surface area contributed by atoms with Crippen LogP contribution in [0.3, 0.4) is 0 Å². The lowest BCUT2D eigenvalue weighted by molar-refractivity contribution is 0.265. The van der Waals surface area contributed by atoms with E-state index in [1.807, 2.05) is 6.07 Å². The highest BCUT2D eigenvalue weighted by Crippen LogP contribution is 2.27. The number of pyridine rings is 1. The zero-order valence-electron chi connectivity index (χ0n) is 15.1. The van der Waals surface area contributed by atoms with Gasteiger partial charge in [0.25, 0.3) is 0 Å². The predicted octanol–water partition coefficient (Wildman–Crippen LogP) is 1.45. The lowest BCUT2D eigenvalue weighted by Crippen LogP contribution is -2.48. The van der Waals surface area contributed by atoms with Crippen molar-refractivity contribution in [2.75, 3.05) is 49.1 Å². The number of aromatic nitrogens is 3. The molecule has 1 saturated heterocycles. The molecule has 0 unspecified atom stereocenters. The van der Waals surface area contributed by atoms with Gasteiger partial charge < -0.3 is 9.80 Å². The van der Waals surface area contributed by atoms with E-state index in [0.29, 0.717) is 5.56 Å². The third-order valence-corrected chi connectivity index (χ3v) is 5.28. The zero-order chi connectivity index (χ0) is 17.9. The molecule has 0 N–H and O–H groups in total. The second kappa shape index (κ2) is 7.26. The maximum Gasteiger partial charge on any atom is 0.136 e. The lowest BCUT2D eigenvalue weighted by Gasteiger charge is -2.38. The molecule has 0 saturated carbocycles. The van der Waals surface area contributed by atoms with Crippen molar-refractivity contribution in [2.24, 2.45) is 0 Å². The smallest absolute Gasteiger partial charge is 0.136 e. The second-order valence-electron chi connectivity index (χ2n) is 6.73. The standard InChI is InChI=1S/C19H23N7/c1-2-24-6-4-17-16(13-24)19(23-14-22-17)26-9-7-25(8-10-26)18-11-15(12-20)3-5-21-18/h3,5,11,14H,2,4,6-10,13H2,1H3. The van der Waals surface area contributed by atoms with Crippen LogP contribution in [0.1, 0.15) is 23.7 Å². The van der Waals surface area contributed by atoms with E-state index in [9.17, 15) is 0 Å². The number of piperazine rings is 1. The Labute approximate surface area is 153 Å². The van der Waals surface area contributed by atoms with Gasteiger partial charge in [-0.3, -0.25) is 4.90 Å². The first kappa shape index (κ1) is 16.7. The van der Waals surface area contributed by atoms with Crippen LogP contribution in [-0.2, 0) is 13.0 Å². The minimum absolute atomic E-state index is 0.655. The minimum Gasteiger partial charge on any atom is -0.353 e. The van der Waals surface area contributed by atoms with E-state index in [0.717, 1.165) is 63.9 Å². The molecule has 0 amide bonds. The number of rotatable bonds is 3. The van der Waals surface area contributed by atoms with E-state index in [2.05, 4.69) is 42.6 Å². The highest BCUT2D eigenvalue weighted by atomic mass is 15.3. The SMILES string of the molecule is CCN1CCc2ncnc(N3CCN(c4cc(C#N)ccn4)CC3)c2C1. The van der Waals surface area contributed by atoms with Gasteiger partial charge in [-0.2, -0.15) is 5.26 Å². The van der Waals surface area contributed by atoms with Gasteiger partial charge in [0.2, 0.25) is 0 Å². The molecule has 2 aromatic rings. The summed E-state index contributed by atoms with van der Waals surface area (Å²) in [6, 6.07) is 5.79. The monoisotopic (exact) mass is 349 g/mol. The highest BCUT2D eigenvalue weighted by molar-refractivity contribution is 5.52. The van der Waals surface area contributed by atoms with Crippen molar-refractivity contribution in [3.63, 3.8) is 0 Å². The summed E-state index contributed by atoms with van der Waals surface area (Å²) in [5.41, 5.74) is 3.14. The number of fused-ring (bicyclic) bond motifs is 1. The first-order valence-electron chi connectivity index (χ1n) is 9.19. The summed E-state index contributed by atoms with van der Waals surface area (Å²) >= 11 is 0. The van der Waals surface area contributed by atoms with Gasteiger partial charge in [-0.1, -0.05) is 6.92 Å². The maximum absolute atomic E-state index is 9.08. The summed E-state index contributed by atoms with van der Waals surface area (Å²) in [5.74, 6) is 1.97. The molecule has 7 heteroatoms. The Hall–Kier alpha value is -2.72. The summed E-state index contributed by atoms with van der Waals surface area (Å²) in [4.78, 5) is 20.6. The van der Waals surface area contributed by atoms with Gasteiger partial charge in [-0.15, -0.1) is 0 Å². The van der Waals surface area contributed by atoms with Crippen LogP contribution in [-0.4, -0.2) is 59.1 Å². The highest BCUT2D eigenvalue weighted by Gasteiger charge is 2.25. The Morgan fingerprint density at radius 3 is 2.65 bits per heavy atom. The van der Waals surface area contributed by atoms with Crippen LogP contribution in [0, 0.1) is 11.3 Å². The summed E-state index contributed by atoms with van der Waals surface area (Å²) in [6.45, 7) is 8.82. The number of hydrogen-bond donors (Lipinski definition) is 0. The van der Waals surface area contributed by atoms with Gasteiger partial charge >= 0.3 is 0 Å². The van der Waals surface area contributed by atoms with Crippen molar-refractivity contribution in [3.8, 4) is 6.07 Å². The van der Waals surface area contributed by atoms with E-state index in [1.54, 1.807) is 18.6 Å². The van der Waals surface area contributed by atoms with Gasteiger partial charge in [-0.25, -0.2) is 15.0 Å². The van der Waals surface area contributed by atoms with E-state index >= 15 is 0 Å². The normalized spacial score (nSPS) is 17.7. The molecule has 0 aliphatic carbocycles. The number of nitrogens with zero attached hydrogens (tertiary/aromatic N) is 7. The van der Waals surface area contributed by atoms with Crippen LogP contribution in [0.25, 0.3) is 0 Å². The van der Waals surface area contributed by atoms with Gasteiger partial charge in [0.05, 0.1) is 17.3 Å². The Morgan fingerprint density at radius 2 is 1.88 bits per heavy atom. The molecule has 0 spiro atoms. The van der Waals surface area contributed by atoms with Crippen LogP contribution in [0.5, 0.6) is 0 Å². The van der Waals surface area contributed by atoms with E-state index in [1.165, 1.54) is 11.3 Å². The molecule has 0 bridgehead atoms. The van der Waals surface area contributed by atoms with Crippen LogP contribution in [0.15, 0.2) is 24.7 Å². The molecule has 0 radical (unpaired) electrons. The van der Waals surface area contributed by atoms with E-state index in [4.69, 9.17) is 5.26 Å². The molecular weight excluding hydrogens is 326 g/mol. The molecule has 1 fully saturated rings. The maximum atomic E-state index is 9.08. The molecule has 4 heterocycles. The molecule has 7 nitrogen and oxygen atoms in total. The molecule has 2 aliphatic heterocycles. The third-order valence-electron chi connectivity index (χ3n) is 5.28. The lowest BCUT2D eigenvalue weighted by atomic mass is 10.1. The summed E-state index contributed by atoms with van der Waals surface area (Å²) in [6.07, 6.45) is 4.42. The average molecular weight is 349 g/mol. The molecule has 26 heavy (non-hydrogen) atoms. The Kier molecular flexibility index (Phi) is 4.67. The largest absolute Gasteiger partial charge is 0.353 e. The summed E-state index contributed by atoms with van der Waals surface area (Å²) < 4.78 is 0. The van der Waals surface area contributed by atoms with E-state index < -0.39 is 0 Å². The molecule has 4 rings (SSSR count). The molecule has 0 aromatic carbocycles. The average Bonchev–Trinajstić information content (AvgIpc) is 2.73. The molecule has 2 aliphatic rings. The van der Waals surface area contributed by atoms with Gasteiger partial charge in [0.15, 0.2) is 0 Å². The van der Waals surface area contributed by atoms with Gasteiger partial charge in [-0.05, 0) is 18.7 Å². The summed E-state index contributed by atoms with van der Waals surface area (Å²) in [7, 11) is 0. The van der Waals surface area contributed by atoms with Gasteiger partial charge in [0.1, 0.15) is 18.0 Å². The van der Waals surface area contributed by atoms with Crippen LogP contribution in [0.2, 0.25) is 0 Å². The topological polar surface area (TPSA) is 72.2 Å². The zero-order valence-corrected chi connectivity index (χ0v) is 15.1. The van der Waals surface area contributed by atoms with Crippen LogP contribution >= 0.6 is 0 Å². The van der Waals surface area contributed by atoms with Gasteiger partial charge in [0, 0.05) is 57.4 Å². The Bertz CT molecular complexity index is 821. The fraction of sp³-hybridized carbons (Fsp3) is 0.474. The first-order chi connectivity index (χ1) is 12.8. The molecular formula is C19H23N7. The number of likely N-dealkylation sites (N-methyl/N-ethyl adjacent to an activating group) is 1. The fourth-order valence-electron chi connectivity index (χ4n) is 3.73. The number of hydrogen-bond acceptors (Lipinski definition) is 7. The van der Waals surface area contributed by atoms with Crippen molar-refractivity contribution < 1.29 is 0 Å². The summed E-state index contributed by atoms with van der Waals surface area (Å²) in [5, 5.41) is 9.08. The molecule has 0 atom stereocenters. The first-order valence-corrected chi connectivity index (χ1v) is 9.19. The number of nitriles is 1. The quantitative estimate of drug-likeness (QED) is 0.830. The van der Waals surface area contributed by atoms with Crippen molar-refractivity contribution in [1.82, 2.24) is 19.9 Å². The fourth-order valence-corrected chi connectivity index (χ4v) is 3.73. The Morgan fingerprint density at radius 1 is 1.08 bits per heavy atom. The molecule has 2 aromatic heterocycles. The second-order valence-corrected chi connectivity index (χ2v) is 6.73. The van der Waals surface area contributed by atoms with Crippen molar-refractivity contribution in [3.05, 3.63) is 41.5 Å². The van der Waals surface area contributed by atoms with E-state index in [-0.39, 0.29) is 0 Å². The number of anilines is 2. The third kappa shape index (κ3) is 3.20. The molecule has 134 valence electrons. The van der Waals surface area contributed by atoms with Crippen molar-refractivity contribution in [2.45, 2.75) is 19.9 Å².